The molecule has 0 bridgehead atoms. The highest BCUT2D eigenvalue weighted by molar-refractivity contribution is 6.31. The molecule has 0 aliphatic carbocycles. The lowest BCUT2D eigenvalue weighted by Crippen LogP contribution is -2.04. The van der Waals surface area contributed by atoms with Gasteiger partial charge in [-0.3, -0.25) is 0 Å². The molecule has 4 aromatic rings. The Balaban J connectivity index is 1.46. The minimum absolute atomic E-state index is 0.667. The van der Waals surface area contributed by atoms with Crippen molar-refractivity contribution in [1.29, 1.82) is 0 Å². The van der Waals surface area contributed by atoms with E-state index in [-0.39, 0.29) is 0 Å². The van der Waals surface area contributed by atoms with Crippen LogP contribution in [-0.4, -0.2) is 16.2 Å². The molecule has 5 heteroatoms. The molecule has 0 aliphatic heterocycles. The van der Waals surface area contributed by atoms with Crippen molar-refractivity contribution >= 4 is 34.2 Å². The summed E-state index contributed by atoms with van der Waals surface area (Å²) in [7, 11) is 0. The van der Waals surface area contributed by atoms with Crippen LogP contribution in [0.2, 0.25) is 10.0 Å². The van der Waals surface area contributed by atoms with Gasteiger partial charge in [-0.25, -0.2) is 4.98 Å². The van der Waals surface area contributed by atoms with Crippen LogP contribution in [0.1, 0.15) is 18.4 Å². The molecule has 148 valence electrons. The number of nitrogens with zero attached hydrogens (tertiary/aromatic N) is 2. The van der Waals surface area contributed by atoms with Gasteiger partial charge in [0.25, 0.3) is 0 Å². The molecule has 0 atom stereocenters. The number of ether oxygens (including phenoxy) is 1. The Morgan fingerprint density at radius 1 is 0.931 bits per heavy atom. The molecule has 29 heavy (non-hydrogen) atoms. The second-order valence-corrected chi connectivity index (χ2v) is 7.90. The Labute approximate surface area is 180 Å². The van der Waals surface area contributed by atoms with Crippen LogP contribution in [-0.2, 0) is 6.54 Å². The summed E-state index contributed by atoms with van der Waals surface area (Å²) in [6, 6.07) is 21.9. The zero-order valence-electron chi connectivity index (χ0n) is 16.2. The maximum atomic E-state index is 6.21. The normalized spacial score (nSPS) is 11.1. The minimum atomic E-state index is 0.667. The van der Waals surface area contributed by atoms with Crippen LogP contribution in [0.15, 0.2) is 66.7 Å². The number of aryl methyl sites for hydroxylation is 2. The lowest BCUT2D eigenvalue weighted by atomic mass is 10.2. The number of benzene rings is 3. The highest BCUT2D eigenvalue weighted by atomic mass is 35.5. The van der Waals surface area contributed by atoms with Gasteiger partial charge in [-0.1, -0.05) is 47.5 Å². The molecule has 0 N–H and O–H groups in total. The third kappa shape index (κ3) is 4.58. The van der Waals surface area contributed by atoms with E-state index < -0.39 is 0 Å². The molecule has 0 fully saturated rings. The Morgan fingerprint density at radius 3 is 2.62 bits per heavy atom. The van der Waals surface area contributed by atoms with Crippen LogP contribution in [0.5, 0.6) is 5.75 Å². The Kier molecular flexibility index (Phi) is 6.08. The van der Waals surface area contributed by atoms with Gasteiger partial charge >= 0.3 is 0 Å². The van der Waals surface area contributed by atoms with Crippen molar-refractivity contribution in [3.05, 3.63) is 82.3 Å². The summed E-state index contributed by atoms with van der Waals surface area (Å²) in [6.07, 6.45) is 1.93. The summed E-state index contributed by atoms with van der Waals surface area (Å²) in [5.74, 6) is 1.81. The number of aromatic nitrogens is 2. The average Bonchev–Trinajstić information content (AvgIpc) is 3.09. The van der Waals surface area contributed by atoms with Crippen molar-refractivity contribution < 1.29 is 4.74 Å². The first kappa shape index (κ1) is 19.8. The second kappa shape index (κ2) is 8.89. The van der Waals surface area contributed by atoms with E-state index in [0.717, 1.165) is 58.1 Å². The maximum absolute atomic E-state index is 6.21. The zero-order chi connectivity index (χ0) is 20.2. The third-order valence-corrected chi connectivity index (χ3v) is 5.57. The fourth-order valence-electron chi connectivity index (χ4n) is 3.42. The van der Waals surface area contributed by atoms with Gasteiger partial charge in [-0.2, -0.15) is 0 Å². The molecule has 0 aliphatic rings. The van der Waals surface area contributed by atoms with Crippen LogP contribution >= 0.6 is 23.2 Å². The number of hydrogen-bond donors (Lipinski definition) is 0. The molecule has 4 rings (SSSR count). The van der Waals surface area contributed by atoms with Gasteiger partial charge in [-0.05, 0) is 67.8 Å². The molecular weight excluding hydrogens is 403 g/mol. The molecule has 0 radical (unpaired) electrons. The van der Waals surface area contributed by atoms with Gasteiger partial charge in [0.15, 0.2) is 0 Å². The lowest BCUT2D eigenvalue weighted by molar-refractivity contribution is 0.303. The molecular formula is C24H22Cl2N2O. The Bertz CT molecular complexity index is 1140. The smallest absolute Gasteiger partial charge is 0.141 e. The molecule has 0 saturated carbocycles. The number of hydrogen-bond acceptors (Lipinski definition) is 2. The van der Waals surface area contributed by atoms with E-state index in [1.165, 1.54) is 0 Å². The first-order valence-corrected chi connectivity index (χ1v) is 10.5. The number of para-hydroxylation sites is 2. The standard InChI is InChI=1S/C24H22Cl2N2O/c1-17-15-20(11-12-21(17)26)29-14-5-4-13-28-23-10-3-2-9-22(23)27-24(28)18-7-6-8-19(25)16-18/h2-3,6-12,15-16H,4-5,13-14H2,1H3. The molecule has 3 nitrogen and oxygen atoms in total. The van der Waals surface area contributed by atoms with E-state index in [4.69, 9.17) is 32.9 Å². The predicted octanol–water partition coefficient (Wildman–Crippen LogP) is 7.18. The largest absolute Gasteiger partial charge is 0.494 e. The SMILES string of the molecule is Cc1cc(OCCCCn2c(-c3cccc(Cl)c3)nc3ccccc32)ccc1Cl. The molecule has 1 heterocycles. The van der Waals surface area contributed by atoms with E-state index in [9.17, 15) is 0 Å². The first-order chi connectivity index (χ1) is 14.1. The molecule has 0 amide bonds. The summed E-state index contributed by atoms with van der Waals surface area (Å²) >= 11 is 12.3. The van der Waals surface area contributed by atoms with E-state index in [0.29, 0.717) is 11.6 Å². The second-order valence-electron chi connectivity index (χ2n) is 7.05. The van der Waals surface area contributed by atoms with Crippen molar-refractivity contribution in [2.45, 2.75) is 26.3 Å². The van der Waals surface area contributed by atoms with E-state index in [2.05, 4.69) is 16.7 Å². The van der Waals surface area contributed by atoms with Crippen LogP contribution in [0.3, 0.4) is 0 Å². The van der Waals surface area contributed by atoms with Gasteiger partial charge in [0.2, 0.25) is 0 Å². The lowest BCUT2D eigenvalue weighted by Gasteiger charge is -2.11. The van der Waals surface area contributed by atoms with Crippen LogP contribution in [0, 0.1) is 6.92 Å². The van der Waals surface area contributed by atoms with Crippen molar-refractivity contribution in [3.63, 3.8) is 0 Å². The fraction of sp³-hybridized carbons (Fsp3) is 0.208. The van der Waals surface area contributed by atoms with E-state index in [1.807, 2.05) is 61.5 Å². The summed E-state index contributed by atoms with van der Waals surface area (Å²) in [4.78, 5) is 4.85. The topological polar surface area (TPSA) is 27.1 Å². The summed E-state index contributed by atoms with van der Waals surface area (Å²) in [5, 5.41) is 1.48. The maximum Gasteiger partial charge on any atom is 0.141 e. The highest BCUT2D eigenvalue weighted by Crippen LogP contribution is 2.27. The predicted molar refractivity (Wildman–Crippen MR) is 121 cm³/mol. The van der Waals surface area contributed by atoms with E-state index >= 15 is 0 Å². The Morgan fingerprint density at radius 2 is 1.79 bits per heavy atom. The van der Waals surface area contributed by atoms with Crippen LogP contribution < -0.4 is 4.74 Å². The van der Waals surface area contributed by atoms with Crippen molar-refractivity contribution in [2.24, 2.45) is 0 Å². The van der Waals surface area contributed by atoms with Crippen molar-refractivity contribution in [3.8, 4) is 17.1 Å². The quantitative estimate of drug-likeness (QED) is 0.293. The van der Waals surface area contributed by atoms with Gasteiger partial charge < -0.3 is 9.30 Å². The van der Waals surface area contributed by atoms with Gasteiger partial charge in [0.1, 0.15) is 11.6 Å². The van der Waals surface area contributed by atoms with Crippen molar-refractivity contribution in [2.75, 3.05) is 6.61 Å². The Hall–Kier alpha value is -2.49. The number of rotatable bonds is 7. The van der Waals surface area contributed by atoms with Gasteiger partial charge in [0, 0.05) is 22.2 Å². The summed E-state index contributed by atoms with van der Waals surface area (Å²) in [5.41, 5.74) is 4.19. The monoisotopic (exact) mass is 424 g/mol. The molecule has 0 spiro atoms. The number of halogens is 2. The number of fused-ring (bicyclic) bond motifs is 1. The zero-order valence-corrected chi connectivity index (χ0v) is 17.7. The average molecular weight is 425 g/mol. The number of imidazole rings is 1. The van der Waals surface area contributed by atoms with Crippen molar-refractivity contribution in [1.82, 2.24) is 9.55 Å². The minimum Gasteiger partial charge on any atom is -0.494 e. The molecule has 0 unspecified atom stereocenters. The molecule has 0 saturated heterocycles. The van der Waals surface area contributed by atoms with Gasteiger partial charge in [0.05, 0.1) is 17.6 Å². The molecule has 3 aromatic carbocycles. The number of unbranched alkanes of at least 4 members (excludes halogenated alkanes) is 1. The van der Waals surface area contributed by atoms with Crippen LogP contribution in [0.4, 0.5) is 0 Å². The third-order valence-electron chi connectivity index (χ3n) is 4.91. The first-order valence-electron chi connectivity index (χ1n) is 9.72. The van der Waals surface area contributed by atoms with Gasteiger partial charge in [-0.15, -0.1) is 0 Å². The molecule has 1 aromatic heterocycles. The fourth-order valence-corrected chi connectivity index (χ4v) is 3.73. The van der Waals surface area contributed by atoms with E-state index in [1.54, 1.807) is 0 Å². The van der Waals surface area contributed by atoms with Crippen LogP contribution in [0.25, 0.3) is 22.4 Å². The summed E-state index contributed by atoms with van der Waals surface area (Å²) in [6.45, 7) is 3.52. The summed E-state index contributed by atoms with van der Waals surface area (Å²) < 4.78 is 8.15. The highest BCUT2D eigenvalue weighted by Gasteiger charge is 2.12.